The van der Waals surface area contributed by atoms with Gasteiger partial charge in [0, 0.05) is 5.56 Å². The van der Waals surface area contributed by atoms with Crippen molar-refractivity contribution >= 4 is 23.0 Å². The first-order valence-corrected chi connectivity index (χ1v) is 5.67. The molecule has 0 bridgehead atoms. The van der Waals surface area contributed by atoms with E-state index in [1.54, 1.807) is 0 Å². The predicted octanol–water partition coefficient (Wildman–Crippen LogP) is 2.12. The average Bonchev–Trinajstić information content (AvgIpc) is 2.42. The van der Waals surface area contributed by atoms with Crippen LogP contribution in [-0.4, -0.2) is 5.91 Å². The number of anilines is 3. The smallest absolute Gasteiger partial charge is 0.248 e. The summed E-state index contributed by atoms with van der Waals surface area (Å²) in [6, 6.07) is 10.1. The number of nitrogens with zero attached hydrogens (tertiary/aromatic N) is 1. The van der Waals surface area contributed by atoms with Crippen LogP contribution in [0.4, 0.5) is 21.5 Å². The number of primary amides is 1. The van der Waals surface area contributed by atoms with Crippen molar-refractivity contribution < 1.29 is 9.18 Å². The normalized spacial score (nSPS) is 9.80. The second-order valence-corrected chi connectivity index (χ2v) is 4.09. The molecular weight excluding hydrogens is 259 g/mol. The summed E-state index contributed by atoms with van der Waals surface area (Å²) in [6.07, 6.45) is 0. The Labute approximate surface area is 114 Å². The summed E-state index contributed by atoms with van der Waals surface area (Å²) in [7, 11) is 0. The van der Waals surface area contributed by atoms with Gasteiger partial charge in [-0.05, 0) is 36.4 Å². The Morgan fingerprint density at radius 1 is 1.20 bits per heavy atom. The number of halogens is 1. The molecule has 0 fully saturated rings. The summed E-state index contributed by atoms with van der Waals surface area (Å²) in [4.78, 5) is 11.1. The summed E-state index contributed by atoms with van der Waals surface area (Å²) in [5.74, 6) is -1.10. The van der Waals surface area contributed by atoms with Crippen molar-refractivity contribution in [2.45, 2.75) is 0 Å². The predicted molar refractivity (Wildman–Crippen MR) is 73.8 cm³/mol. The van der Waals surface area contributed by atoms with Gasteiger partial charge in [0.15, 0.2) is 0 Å². The van der Waals surface area contributed by atoms with E-state index in [0.29, 0.717) is 17.1 Å². The van der Waals surface area contributed by atoms with Crippen LogP contribution in [0.5, 0.6) is 0 Å². The van der Waals surface area contributed by atoms with Crippen molar-refractivity contribution in [3.63, 3.8) is 0 Å². The third kappa shape index (κ3) is 2.67. The standard InChI is InChI=1S/C14H11FN4O/c15-10-2-4-12(9(5-10)7-16)19-13-6-8(14(18)20)1-3-11(13)17/h1-6,19H,17H2,(H2,18,20). The van der Waals surface area contributed by atoms with E-state index in [-0.39, 0.29) is 11.1 Å². The molecule has 5 nitrogen and oxygen atoms in total. The number of benzene rings is 2. The minimum Gasteiger partial charge on any atom is -0.397 e. The van der Waals surface area contributed by atoms with Gasteiger partial charge >= 0.3 is 0 Å². The van der Waals surface area contributed by atoms with Crippen LogP contribution in [0.15, 0.2) is 36.4 Å². The van der Waals surface area contributed by atoms with Crippen molar-refractivity contribution in [3.05, 3.63) is 53.3 Å². The van der Waals surface area contributed by atoms with E-state index in [4.69, 9.17) is 16.7 Å². The van der Waals surface area contributed by atoms with Gasteiger partial charge in [0.1, 0.15) is 11.9 Å². The number of carbonyl (C=O) groups is 1. The van der Waals surface area contributed by atoms with Gasteiger partial charge in [0.25, 0.3) is 0 Å². The van der Waals surface area contributed by atoms with Crippen LogP contribution in [0.2, 0.25) is 0 Å². The first-order valence-electron chi connectivity index (χ1n) is 5.67. The van der Waals surface area contributed by atoms with Gasteiger partial charge in [0.05, 0.1) is 22.6 Å². The number of nitrogens with one attached hydrogen (secondary N) is 1. The van der Waals surface area contributed by atoms with E-state index in [2.05, 4.69) is 5.32 Å². The Hall–Kier alpha value is -3.07. The minimum atomic E-state index is -0.590. The summed E-state index contributed by atoms with van der Waals surface area (Å²) >= 11 is 0. The molecule has 6 heteroatoms. The van der Waals surface area contributed by atoms with Crippen LogP contribution in [0.1, 0.15) is 15.9 Å². The maximum absolute atomic E-state index is 13.1. The van der Waals surface area contributed by atoms with Crippen molar-refractivity contribution in [1.82, 2.24) is 0 Å². The highest BCUT2D eigenvalue weighted by atomic mass is 19.1. The molecule has 0 aliphatic rings. The van der Waals surface area contributed by atoms with E-state index in [9.17, 15) is 9.18 Å². The largest absolute Gasteiger partial charge is 0.397 e. The number of nitrogen functional groups attached to an aromatic ring is 1. The van der Waals surface area contributed by atoms with E-state index in [1.807, 2.05) is 6.07 Å². The fourth-order valence-corrected chi connectivity index (χ4v) is 1.68. The number of nitriles is 1. The number of amides is 1. The van der Waals surface area contributed by atoms with E-state index >= 15 is 0 Å². The molecule has 0 aliphatic carbocycles. The molecule has 2 aromatic rings. The SMILES string of the molecule is N#Cc1cc(F)ccc1Nc1cc(C(N)=O)ccc1N. The second kappa shape index (κ2) is 5.28. The van der Waals surface area contributed by atoms with Crippen molar-refractivity contribution in [3.8, 4) is 6.07 Å². The molecule has 0 atom stereocenters. The highest BCUT2D eigenvalue weighted by molar-refractivity contribution is 5.95. The van der Waals surface area contributed by atoms with Crippen LogP contribution in [0, 0.1) is 17.1 Å². The lowest BCUT2D eigenvalue weighted by atomic mass is 10.1. The lowest BCUT2D eigenvalue weighted by Crippen LogP contribution is -2.11. The van der Waals surface area contributed by atoms with Gasteiger partial charge in [-0.15, -0.1) is 0 Å². The number of nitrogens with two attached hydrogens (primary N) is 2. The second-order valence-electron chi connectivity index (χ2n) is 4.09. The molecule has 0 heterocycles. The molecule has 0 saturated carbocycles. The Bertz CT molecular complexity index is 722. The highest BCUT2D eigenvalue weighted by Crippen LogP contribution is 2.26. The Kier molecular flexibility index (Phi) is 3.53. The number of hydrogen-bond acceptors (Lipinski definition) is 4. The van der Waals surface area contributed by atoms with Gasteiger partial charge in [-0.3, -0.25) is 4.79 Å². The number of carbonyl (C=O) groups excluding carboxylic acids is 1. The molecule has 20 heavy (non-hydrogen) atoms. The molecule has 2 aromatic carbocycles. The molecule has 0 radical (unpaired) electrons. The maximum Gasteiger partial charge on any atom is 0.248 e. The average molecular weight is 270 g/mol. The summed E-state index contributed by atoms with van der Waals surface area (Å²) in [5.41, 5.74) is 12.6. The summed E-state index contributed by atoms with van der Waals surface area (Å²) in [6.45, 7) is 0. The topological polar surface area (TPSA) is 105 Å². The first kappa shape index (κ1) is 13.4. The maximum atomic E-state index is 13.1. The van der Waals surface area contributed by atoms with Gasteiger partial charge in [-0.2, -0.15) is 5.26 Å². The van der Waals surface area contributed by atoms with Crippen molar-refractivity contribution in [2.75, 3.05) is 11.1 Å². The summed E-state index contributed by atoms with van der Waals surface area (Å²) < 4.78 is 13.1. The molecule has 0 aliphatic heterocycles. The molecule has 0 unspecified atom stereocenters. The van der Waals surface area contributed by atoms with Gasteiger partial charge in [0.2, 0.25) is 5.91 Å². The van der Waals surface area contributed by atoms with Crippen molar-refractivity contribution in [1.29, 1.82) is 5.26 Å². The molecule has 100 valence electrons. The lowest BCUT2D eigenvalue weighted by Gasteiger charge is -2.11. The quantitative estimate of drug-likeness (QED) is 0.743. The Morgan fingerprint density at radius 2 is 1.95 bits per heavy atom. The number of hydrogen-bond donors (Lipinski definition) is 3. The van der Waals surface area contributed by atoms with Crippen LogP contribution < -0.4 is 16.8 Å². The zero-order valence-corrected chi connectivity index (χ0v) is 10.4. The zero-order valence-electron chi connectivity index (χ0n) is 10.4. The van der Waals surface area contributed by atoms with Crippen molar-refractivity contribution in [2.24, 2.45) is 5.73 Å². The molecule has 0 saturated heterocycles. The number of rotatable bonds is 3. The molecular formula is C14H11FN4O. The van der Waals surface area contributed by atoms with Gasteiger partial charge < -0.3 is 16.8 Å². The van der Waals surface area contributed by atoms with E-state index < -0.39 is 11.7 Å². The molecule has 1 amide bonds. The Balaban J connectivity index is 2.42. The fourth-order valence-electron chi connectivity index (χ4n) is 1.68. The summed E-state index contributed by atoms with van der Waals surface area (Å²) in [5, 5.41) is 11.9. The first-order chi connectivity index (χ1) is 9.51. The zero-order chi connectivity index (χ0) is 14.7. The molecule has 0 spiro atoms. The molecule has 0 aromatic heterocycles. The van der Waals surface area contributed by atoms with Gasteiger partial charge in [-0.1, -0.05) is 0 Å². The molecule has 2 rings (SSSR count). The minimum absolute atomic E-state index is 0.133. The molecule has 5 N–H and O–H groups in total. The Morgan fingerprint density at radius 3 is 2.60 bits per heavy atom. The third-order valence-corrected chi connectivity index (χ3v) is 2.71. The fraction of sp³-hybridized carbons (Fsp3) is 0. The van der Waals surface area contributed by atoms with E-state index in [0.717, 1.165) is 6.07 Å². The van der Waals surface area contributed by atoms with Crippen LogP contribution in [-0.2, 0) is 0 Å². The van der Waals surface area contributed by atoms with Gasteiger partial charge in [-0.25, -0.2) is 4.39 Å². The highest BCUT2D eigenvalue weighted by Gasteiger charge is 2.08. The lowest BCUT2D eigenvalue weighted by molar-refractivity contribution is 0.100. The van der Waals surface area contributed by atoms with Crippen LogP contribution in [0.3, 0.4) is 0 Å². The van der Waals surface area contributed by atoms with Crippen LogP contribution in [0.25, 0.3) is 0 Å². The monoisotopic (exact) mass is 270 g/mol. The van der Waals surface area contributed by atoms with Crippen LogP contribution >= 0.6 is 0 Å². The third-order valence-electron chi connectivity index (χ3n) is 2.71. The van der Waals surface area contributed by atoms with E-state index in [1.165, 1.54) is 30.3 Å².